The van der Waals surface area contributed by atoms with Crippen molar-refractivity contribution in [1.29, 1.82) is 0 Å². The van der Waals surface area contributed by atoms with Crippen LogP contribution < -0.4 is 14.7 Å². The lowest BCUT2D eigenvalue weighted by atomic mass is 9.60. The van der Waals surface area contributed by atoms with E-state index in [9.17, 15) is 0 Å². The molecular weight excluding hydrogens is 823 g/mol. The quantitative estimate of drug-likeness (QED) is 0.151. The Morgan fingerprint density at radius 2 is 0.559 bits per heavy atom. The minimum Gasteiger partial charge on any atom is -0.310 e. The van der Waals surface area contributed by atoms with Gasteiger partial charge in [0.2, 0.25) is 0 Å². The molecule has 0 amide bonds. The highest BCUT2D eigenvalue weighted by Gasteiger charge is 2.52. The normalized spacial score (nSPS) is 15.1. The summed E-state index contributed by atoms with van der Waals surface area (Å²) in [6.45, 7) is 19.1. The average Bonchev–Trinajstić information content (AvgIpc) is 3.35. The summed E-state index contributed by atoms with van der Waals surface area (Å²) in [7, 11) is 0. The molecule has 332 valence electrons. The molecule has 3 aliphatic heterocycles. The van der Waals surface area contributed by atoms with Crippen molar-refractivity contribution < 1.29 is 0 Å². The smallest absolute Gasteiger partial charge is 0.0545 e. The van der Waals surface area contributed by atoms with E-state index in [0.717, 1.165) is 34.1 Å². The molecule has 3 nitrogen and oxygen atoms in total. The molecule has 0 N–H and O–H groups in total. The molecule has 3 heterocycles. The van der Waals surface area contributed by atoms with E-state index >= 15 is 0 Å². The van der Waals surface area contributed by atoms with Crippen molar-refractivity contribution in [2.45, 2.75) is 71.6 Å². The summed E-state index contributed by atoms with van der Waals surface area (Å²) in [4.78, 5) is 7.63. The molecule has 0 aromatic heterocycles. The molecule has 0 spiro atoms. The molecular formula is C65H57N3. The molecule has 3 aliphatic rings. The van der Waals surface area contributed by atoms with Gasteiger partial charge in [-0.1, -0.05) is 180 Å². The zero-order valence-electron chi connectivity index (χ0n) is 40.4. The predicted molar refractivity (Wildman–Crippen MR) is 287 cm³/mol. The van der Waals surface area contributed by atoms with Crippen LogP contribution in [0, 0.1) is 13.8 Å². The maximum absolute atomic E-state index is 2.69. The summed E-state index contributed by atoms with van der Waals surface area (Å²) in [5.41, 5.74) is 25.3. The van der Waals surface area contributed by atoms with Gasteiger partial charge in [-0.3, -0.25) is 0 Å². The number of nitrogens with zero attached hydrogens (tertiary/aromatic N) is 3. The summed E-state index contributed by atoms with van der Waals surface area (Å²) in [5.74, 6) is 0. The Morgan fingerprint density at radius 3 is 0.897 bits per heavy atom. The van der Waals surface area contributed by atoms with Gasteiger partial charge in [0, 0.05) is 50.4 Å². The second-order valence-electron chi connectivity index (χ2n) is 20.9. The van der Waals surface area contributed by atoms with E-state index in [2.05, 4.69) is 270 Å². The van der Waals surface area contributed by atoms with Crippen molar-refractivity contribution in [3.63, 3.8) is 0 Å². The molecule has 0 aliphatic carbocycles. The van der Waals surface area contributed by atoms with Gasteiger partial charge in [0.1, 0.15) is 0 Å². The third-order valence-electron chi connectivity index (χ3n) is 15.5. The van der Waals surface area contributed by atoms with E-state index in [-0.39, 0.29) is 10.8 Å². The molecule has 0 bridgehead atoms. The van der Waals surface area contributed by atoms with Crippen LogP contribution >= 0.6 is 0 Å². The van der Waals surface area contributed by atoms with Crippen LogP contribution in [0.4, 0.5) is 51.2 Å². The maximum Gasteiger partial charge on any atom is 0.0545 e. The lowest BCUT2D eigenvalue weighted by molar-refractivity contribution is 0.567. The van der Waals surface area contributed by atoms with Gasteiger partial charge in [0.25, 0.3) is 0 Å². The molecule has 0 fully saturated rings. The summed E-state index contributed by atoms with van der Waals surface area (Å²) in [6.07, 6.45) is 0. The van der Waals surface area contributed by atoms with E-state index in [1.54, 1.807) is 0 Å². The first kappa shape index (κ1) is 41.8. The first-order valence-electron chi connectivity index (χ1n) is 24.2. The van der Waals surface area contributed by atoms with Gasteiger partial charge in [0.15, 0.2) is 0 Å². The molecule has 3 heteroatoms. The van der Waals surface area contributed by atoms with Gasteiger partial charge in [-0.25, -0.2) is 0 Å². The lowest BCUT2D eigenvalue weighted by Gasteiger charge is -2.55. The summed E-state index contributed by atoms with van der Waals surface area (Å²) < 4.78 is 0. The van der Waals surface area contributed by atoms with Gasteiger partial charge < -0.3 is 14.7 Å². The van der Waals surface area contributed by atoms with Crippen molar-refractivity contribution in [1.82, 2.24) is 0 Å². The molecule has 12 rings (SSSR count). The largest absolute Gasteiger partial charge is 0.310 e. The predicted octanol–water partition coefficient (Wildman–Crippen LogP) is 18.0. The standard InChI is InChI=1S/C65H57N3/c1-42-22-30-48(31-23-42)66(50-34-26-46(27-35-50)44-16-11-9-12-17-44)52-38-56-61-58(40-52)65(7,8)59-41-53(39-57-62(59)68(61)60-54(63(56,3)4)20-15-21-55(60)64(57,5)6)67(49-32-24-43(2)25-33-49)51-36-28-47(29-37-51)45-18-13-10-14-19-45/h9-41H,1-8H3. The Labute approximate surface area is 402 Å². The monoisotopic (exact) mass is 879 g/mol. The number of aryl methyl sites for hydroxylation is 2. The minimum absolute atomic E-state index is 0.284. The van der Waals surface area contributed by atoms with Gasteiger partial charge in [-0.05, 0) is 142 Å². The number of hydrogen-bond donors (Lipinski definition) is 0. The van der Waals surface area contributed by atoms with Crippen LogP contribution in [0.3, 0.4) is 0 Å². The molecule has 68 heavy (non-hydrogen) atoms. The van der Waals surface area contributed by atoms with Crippen LogP contribution in [0.25, 0.3) is 22.3 Å². The lowest BCUT2D eigenvalue weighted by Crippen LogP contribution is -2.43. The highest BCUT2D eigenvalue weighted by atomic mass is 15.2. The molecule has 0 unspecified atom stereocenters. The second-order valence-corrected chi connectivity index (χ2v) is 20.9. The fourth-order valence-electron chi connectivity index (χ4n) is 11.6. The average molecular weight is 880 g/mol. The van der Waals surface area contributed by atoms with Gasteiger partial charge in [0.05, 0.1) is 17.1 Å². The van der Waals surface area contributed by atoms with E-state index in [1.807, 2.05) is 0 Å². The van der Waals surface area contributed by atoms with Gasteiger partial charge >= 0.3 is 0 Å². The molecule has 9 aromatic rings. The molecule has 9 aromatic carbocycles. The Balaban J connectivity index is 1.10. The first-order chi connectivity index (χ1) is 32.8. The van der Waals surface area contributed by atoms with Crippen molar-refractivity contribution in [3.8, 4) is 22.3 Å². The van der Waals surface area contributed by atoms with Crippen LogP contribution in [0.5, 0.6) is 0 Å². The highest BCUT2D eigenvalue weighted by molar-refractivity contribution is 6.01. The number of benzene rings is 9. The van der Waals surface area contributed by atoms with E-state index in [1.165, 1.54) is 83.8 Å². The van der Waals surface area contributed by atoms with Gasteiger partial charge in [-0.2, -0.15) is 0 Å². The zero-order valence-corrected chi connectivity index (χ0v) is 40.4. The zero-order chi connectivity index (χ0) is 46.7. The topological polar surface area (TPSA) is 9.72 Å². The number of rotatable bonds is 8. The van der Waals surface area contributed by atoms with Crippen molar-refractivity contribution >= 4 is 51.2 Å². The molecule has 0 atom stereocenters. The summed E-state index contributed by atoms with van der Waals surface area (Å²) in [6, 6.07) is 74.8. The van der Waals surface area contributed by atoms with Crippen molar-refractivity contribution in [2.75, 3.05) is 14.7 Å². The number of anilines is 9. The second kappa shape index (κ2) is 15.2. The van der Waals surface area contributed by atoms with Crippen molar-refractivity contribution in [3.05, 3.63) is 245 Å². The minimum atomic E-state index is -0.390. The molecule has 0 saturated heterocycles. The Kier molecular flexibility index (Phi) is 9.34. The Morgan fingerprint density at radius 1 is 0.279 bits per heavy atom. The third-order valence-corrected chi connectivity index (χ3v) is 15.5. The molecule has 0 saturated carbocycles. The number of hydrogen-bond acceptors (Lipinski definition) is 3. The van der Waals surface area contributed by atoms with Crippen molar-refractivity contribution in [2.24, 2.45) is 0 Å². The van der Waals surface area contributed by atoms with E-state index in [0.29, 0.717) is 0 Å². The van der Waals surface area contributed by atoms with Crippen LogP contribution in [0.2, 0.25) is 0 Å². The summed E-state index contributed by atoms with van der Waals surface area (Å²) in [5, 5.41) is 0. The highest BCUT2D eigenvalue weighted by Crippen LogP contribution is 2.67. The van der Waals surface area contributed by atoms with Crippen LogP contribution in [0.15, 0.2) is 200 Å². The maximum atomic E-state index is 2.69. The van der Waals surface area contributed by atoms with Crippen LogP contribution in [-0.4, -0.2) is 0 Å². The fraction of sp³-hybridized carbons (Fsp3) is 0.169. The van der Waals surface area contributed by atoms with Crippen LogP contribution in [0.1, 0.15) is 86.1 Å². The van der Waals surface area contributed by atoms with E-state index in [4.69, 9.17) is 0 Å². The van der Waals surface area contributed by atoms with E-state index < -0.39 is 5.41 Å². The Hall–Kier alpha value is -7.62. The number of para-hydroxylation sites is 1. The third kappa shape index (κ3) is 6.32. The fourth-order valence-corrected chi connectivity index (χ4v) is 11.6. The first-order valence-corrected chi connectivity index (χ1v) is 24.2. The molecule has 0 radical (unpaired) electrons. The van der Waals surface area contributed by atoms with Gasteiger partial charge in [-0.15, -0.1) is 0 Å². The van der Waals surface area contributed by atoms with Crippen LogP contribution in [-0.2, 0) is 16.2 Å². The SMILES string of the molecule is Cc1ccc(N(c2ccc(-c3ccccc3)cc2)c2cc3c4c(c2)C(C)(C)c2cc(N(c5ccc(C)cc5)c5ccc(-c6ccccc6)cc5)cc5c2N4c2c(cccc2C5(C)C)C3(C)C)cc1. The Bertz CT molecular complexity index is 3180. The summed E-state index contributed by atoms with van der Waals surface area (Å²) >= 11 is 0.